The number of ketones is 1. The monoisotopic (exact) mass is 273 g/mol. The lowest BCUT2D eigenvalue weighted by Crippen LogP contribution is -2.07. The van der Waals surface area contributed by atoms with E-state index in [0.717, 1.165) is 17.8 Å². The zero-order valence-electron chi connectivity index (χ0n) is 10.3. The van der Waals surface area contributed by atoms with Crippen molar-refractivity contribution in [3.05, 3.63) is 21.1 Å². The number of carbonyl (C=O) groups excluding carboxylic acids is 1. The van der Waals surface area contributed by atoms with E-state index in [1.54, 1.807) is 0 Å². The first-order valence-corrected chi connectivity index (χ1v) is 6.37. The molecule has 18 heavy (non-hydrogen) atoms. The van der Waals surface area contributed by atoms with Crippen molar-refractivity contribution in [2.45, 2.75) is 20.3 Å². The quantitative estimate of drug-likeness (QED) is 0.315. The maximum absolute atomic E-state index is 11.2. The molecular weight excluding hydrogens is 258 g/mol. The summed E-state index contributed by atoms with van der Waals surface area (Å²) in [6, 6.07) is 1.25. The molecule has 0 spiro atoms. The number of nitrogens with zero attached hydrogens (tertiary/aromatic N) is 1. The van der Waals surface area contributed by atoms with E-state index in [9.17, 15) is 14.9 Å². The van der Waals surface area contributed by atoms with E-state index in [0.29, 0.717) is 18.1 Å². The maximum atomic E-state index is 11.2. The molecule has 1 rings (SSSR count). The van der Waals surface area contributed by atoms with Gasteiger partial charge in [0.2, 0.25) is 0 Å². The summed E-state index contributed by atoms with van der Waals surface area (Å²) in [7, 11) is 0. The molecule has 0 saturated carbocycles. The summed E-state index contributed by atoms with van der Waals surface area (Å²) >= 11 is 0.991. The molecule has 1 aromatic rings. The highest BCUT2D eigenvalue weighted by Crippen LogP contribution is 2.36. The van der Waals surface area contributed by atoms with Gasteiger partial charge in [0.15, 0.2) is 5.78 Å². The minimum absolute atomic E-state index is 0.158. The normalized spacial score (nSPS) is 10.3. The molecule has 0 amide bonds. The van der Waals surface area contributed by atoms with Crippen molar-refractivity contribution in [1.29, 1.82) is 0 Å². The molecular formula is C11H15NO5S. The van der Waals surface area contributed by atoms with Crippen molar-refractivity contribution in [3.63, 3.8) is 0 Å². The molecule has 1 heterocycles. The van der Waals surface area contributed by atoms with Crippen molar-refractivity contribution in [1.82, 2.24) is 0 Å². The second-order valence-corrected chi connectivity index (χ2v) is 4.57. The lowest BCUT2D eigenvalue weighted by Gasteiger charge is -2.03. The van der Waals surface area contributed by atoms with Crippen molar-refractivity contribution >= 4 is 22.8 Å². The van der Waals surface area contributed by atoms with Gasteiger partial charge in [0, 0.05) is 12.7 Å². The summed E-state index contributed by atoms with van der Waals surface area (Å²) in [6.45, 7) is 4.60. The van der Waals surface area contributed by atoms with E-state index in [2.05, 4.69) is 0 Å². The van der Waals surface area contributed by atoms with Crippen molar-refractivity contribution < 1.29 is 19.2 Å². The van der Waals surface area contributed by atoms with Gasteiger partial charge in [-0.15, -0.1) is 0 Å². The number of nitro groups is 1. The Morgan fingerprint density at radius 1 is 1.44 bits per heavy atom. The van der Waals surface area contributed by atoms with Crippen LogP contribution in [-0.2, 0) is 4.74 Å². The Balaban J connectivity index is 2.63. The van der Waals surface area contributed by atoms with Crippen LogP contribution < -0.4 is 4.74 Å². The number of Topliss-reactive ketones (excluding diaryl/α,β-unsaturated/α-hetero) is 1. The van der Waals surface area contributed by atoms with E-state index in [-0.39, 0.29) is 23.1 Å². The van der Waals surface area contributed by atoms with Crippen LogP contribution in [0, 0.1) is 10.1 Å². The molecule has 0 saturated heterocycles. The third-order valence-electron chi connectivity index (χ3n) is 2.03. The van der Waals surface area contributed by atoms with Gasteiger partial charge >= 0.3 is 5.69 Å². The molecule has 0 bridgehead atoms. The molecule has 0 N–H and O–H groups in total. The van der Waals surface area contributed by atoms with Crippen LogP contribution in [-0.4, -0.2) is 30.5 Å². The number of hydrogen-bond acceptors (Lipinski definition) is 6. The van der Waals surface area contributed by atoms with Crippen LogP contribution >= 0.6 is 11.3 Å². The zero-order valence-corrected chi connectivity index (χ0v) is 11.1. The summed E-state index contributed by atoms with van der Waals surface area (Å²) in [5.74, 6) is -0.208. The van der Waals surface area contributed by atoms with E-state index in [1.165, 1.54) is 13.0 Å². The highest BCUT2D eigenvalue weighted by atomic mass is 32.1. The maximum Gasteiger partial charge on any atom is 0.323 e. The Labute approximate surface area is 109 Å². The number of hydrogen-bond donors (Lipinski definition) is 0. The number of rotatable bonds is 8. The molecule has 0 radical (unpaired) electrons. The van der Waals surface area contributed by atoms with E-state index < -0.39 is 4.92 Å². The summed E-state index contributed by atoms with van der Waals surface area (Å²) < 4.78 is 10.5. The van der Waals surface area contributed by atoms with Gasteiger partial charge < -0.3 is 9.47 Å². The molecule has 100 valence electrons. The Bertz CT molecular complexity index is 429. The van der Waals surface area contributed by atoms with Crippen molar-refractivity contribution in [2.75, 3.05) is 19.8 Å². The minimum Gasteiger partial charge on any atom is -0.477 e. The van der Waals surface area contributed by atoms with Crippen LogP contribution in [0.3, 0.4) is 0 Å². The van der Waals surface area contributed by atoms with Crippen LogP contribution in [0.15, 0.2) is 6.07 Å². The third-order valence-corrected chi connectivity index (χ3v) is 3.17. The van der Waals surface area contributed by atoms with E-state index >= 15 is 0 Å². The van der Waals surface area contributed by atoms with Gasteiger partial charge in [-0.05, 0) is 13.3 Å². The van der Waals surface area contributed by atoms with E-state index in [4.69, 9.17) is 9.47 Å². The summed E-state index contributed by atoms with van der Waals surface area (Å²) in [5, 5.41) is 10.9. The molecule has 0 aliphatic rings. The molecule has 0 aromatic carbocycles. The third kappa shape index (κ3) is 4.08. The predicted molar refractivity (Wildman–Crippen MR) is 67.6 cm³/mol. The number of carbonyl (C=O) groups is 1. The molecule has 0 atom stereocenters. The molecule has 7 heteroatoms. The van der Waals surface area contributed by atoms with Gasteiger partial charge in [-0.3, -0.25) is 14.9 Å². The SMILES string of the molecule is CCCOCCOc1sc(C(C)=O)cc1[N+](=O)[O-]. The number of thiophene rings is 1. The molecule has 0 fully saturated rings. The Morgan fingerprint density at radius 3 is 2.72 bits per heavy atom. The fraction of sp³-hybridized carbons (Fsp3) is 0.545. The molecule has 0 aliphatic carbocycles. The van der Waals surface area contributed by atoms with Gasteiger partial charge in [0.25, 0.3) is 5.06 Å². The van der Waals surface area contributed by atoms with Gasteiger partial charge in [0.1, 0.15) is 6.61 Å². The van der Waals surface area contributed by atoms with Gasteiger partial charge in [-0.2, -0.15) is 0 Å². The lowest BCUT2D eigenvalue weighted by atomic mass is 10.3. The first kappa shape index (κ1) is 14.6. The van der Waals surface area contributed by atoms with Crippen LogP contribution in [0.25, 0.3) is 0 Å². The predicted octanol–water partition coefficient (Wildman–Crippen LogP) is 2.66. The topological polar surface area (TPSA) is 78.7 Å². The Morgan fingerprint density at radius 2 is 2.17 bits per heavy atom. The highest BCUT2D eigenvalue weighted by Gasteiger charge is 2.22. The Kier molecular flexibility index (Phi) is 5.73. The fourth-order valence-corrected chi connectivity index (χ4v) is 2.10. The first-order valence-electron chi connectivity index (χ1n) is 5.56. The Hall–Kier alpha value is -1.47. The fourth-order valence-electron chi connectivity index (χ4n) is 1.21. The minimum atomic E-state index is -0.550. The second kappa shape index (κ2) is 7.07. The highest BCUT2D eigenvalue weighted by molar-refractivity contribution is 7.16. The van der Waals surface area contributed by atoms with Crippen molar-refractivity contribution in [2.24, 2.45) is 0 Å². The van der Waals surface area contributed by atoms with Gasteiger partial charge in [-0.1, -0.05) is 18.3 Å². The van der Waals surface area contributed by atoms with Gasteiger partial charge in [0.05, 0.1) is 16.4 Å². The van der Waals surface area contributed by atoms with Crippen LogP contribution in [0.1, 0.15) is 29.9 Å². The van der Waals surface area contributed by atoms with Crippen LogP contribution in [0.5, 0.6) is 5.06 Å². The smallest absolute Gasteiger partial charge is 0.323 e. The average Bonchev–Trinajstić information content (AvgIpc) is 2.73. The van der Waals surface area contributed by atoms with Crippen LogP contribution in [0.2, 0.25) is 0 Å². The lowest BCUT2D eigenvalue weighted by molar-refractivity contribution is -0.385. The first-order chi connectivity index (χ1) is 8.56. The largest absolute Gasteiger partial charge is 0.477 e. The van der Waals surface area contributed by atoms with Gasteiger partial charge in [-0.25, -0.2) is 0 Å². The summed E-state index contributed by atoms with van der Waals surface area (Å²) in [6.07, 6.45) is 0.910. The van der Waals surface area contributed by atoms with Crippen LogP contribution in [0.4, 0.5) is 5.69 Å². The number of ether oxygens (including phenoxy) is 2. The standard InChI is InChI=1S/C11H15NO5S/c1-3-4-16-5-6-17-11-9(12(14)15)7-10(18-11)8(2)13/h7H,3-6H2,1-2H3. The van der Waals surface area contributed by atoms with E-state index in [1.807, 2.05) is 6.92 Å². The molecule has 6 nitrogen and oxygen atoms in total. The average molecular weight is 273 g/mol. The summed E-state index contributed by atoms with van der Waals surface area (Å²) in [4.78, 5) is 21.7. The zero-order chi connectivity index (χ0) is 13.5. The molecule has 1 aromatic heterocycles. The molecule has 0 aliphatic heterocycles. The summed E-state index contributed by atoms with van der Waals surface area (Å²) in [5.41, 5.74) is -0.166. The molecule has 0 unspecified atom stereocenters. The van der Waals surface area contributed by atoms with Crippen molar-refractivity contribution in [3.8, 4) is 5.06 Å². The second-order valence-electron chi connectivity index (χ2n) is 3.56.